The summed E-state index contributed by atoms with van der Waals surface area (Å²) in [4.78, 5) is 8.02. The van der Waals surface area contributed by atoms with Crippen LogP contribution in [0.2, 0.25) is 0 Å². The number of hydrogen-bond donors (Lipinski definition) is 0. The fourth-order valence-electron chi connectivity index (χ4n) is 4.23. The van der Waals surface area contributed by atoms with Gasteiger partial charge in [-0.1, -0.05) is 18.6 Å². The molecule has 1 aromatic carbocycles. The Morgan fingerprint density at radius 1 is 1.28 bits per heavy atom. The van der Waals surface area contributed by atoms with Crippen molar-refractivity contribution in [2.24, 2.45) is 0 Å². The molecule has 0 spiro atoms. The Hall–Kier alpha value is -0.840. The second kappa shape index (κ2) is 7.81. The minimum atomic E-state index is 0.585. The van der Waals surface area contributed by atoms with Crippen molar-refractivity contribution < 1.29 is 0 Å². The van der Waals surface area contributed by atoms with Crippen LogP contribution in [-0.2, 0) is 0 Å². The summed E-state index contributed by atoms with van der Waals surface area (Å²) < 4.78 is 0. The Kier molecular flexibility index (Phi) is 5.49. The summed E-state index contributed by atoms with van der Waals surface area (Å²) in [5, 5.41) is 0.585. The maximum absolute atomic E-state index is 2.63. The van der Waals surface area contributed by atoms with Gasteiger partial charge in [0.2, 0.25) is 0 Å². The number of piperidine rings is 1. The number of fused-ring (bicyclic) bond motifs is 2. The van der Waals surface area contributed by atoms with Gasteiger partial charge >= 0.3 is 0 Å². The van der Waals surface area contributed by atoms with Gasteiger partial charge in [0.05, 0.1) is 10.9 Å². The molecule has 1 fully saturated rings. The number of likely N-dealkylation sites (tertiary alicyclic amines) is 1. The van der Waals surface area contributed by atoms with Crippen molar-refractivity contribution >= 4 is 29.2 Å². The van der Waals surface area contributed by atoms with E-state index in [1.54, 1.807) is 0 Å². The summed E-state index contributed by atoms with van der Waals surface area (Å²) in [7, 11) is 2.31. The minimum absolute atomic E-state index is 0.585. The third kappa shape index (κ3) is 3.67. The lowest BCUT2D eigenvalue weighted by molar-refractivity contribution is 0.178. The van der Waals surface area contributed by atoms with Crippen molar-refractivity contribution in [1.29, 1.82) is 0 Å². The average Bonchev–Trinajstić information content (AvgIpc) is 2.66. The molecule has 2 heterocycles. The summed E-state index contributed by atoms with van der Waals surface area (Å²) in [5.41, 5.74) is 2.94. The molecule has 25 heavy (non-hydrogen) atoms. The van der Waals surface area contributed by atoms with E-state index in [9.17, 15) is 0 Å². The van der Waals surface area contributed by atoms with Crippen LogP contribution in [0.3, 0.4) is 0 Å². The second-order valence-corrected chi connectivity index (χ2v) is 9.39. The van der Waals surface area contributed by atoms with Gasteiger partial charge in [0.15, 0.2) is 0 Å². The Balaban J connectivity index is 1.60. The standard InChI is InChI=1S/C21H28N2S2/c1-22-13-6-5-7-16(22)12-14-23-18-8-3-4-9-20(18)25-21-11-10-17(24-2)15-19(21)23/h3-4,8,10-11,15-16,20H,5-7,9,12-14H2,1-2H3. The van der Waals surface area contributed by atoms with Crippen molar-refractivity contribution in [3.05, 3.63) is 42.1 Å². The van der Waals surface area contributed by atoms with Crippen LogP contribution in [0.25, 0.3) is 0 Å². The topological polar surface area (TPSA) is 6.48 Å². The number of thioether (sulfide) groups is 2. The van der Waals surface area contributed by atoms with E-state index in [4.69, 9.17) is 0 Å². The van der Waals surface area contributed by atoms with Gasteiger partial charge in [-0.25, -0.2) is 0 Å². The van der Waals surface area contributed by atoms with Crippen LogP contribution in [0.1, 0.15) is 32.1 Å². The summed E-state index contributed by atoms with van der Waals surface area (Å²) in [6.45, 7) is 2.40. The normalized spacial score (nSPS) is 26.2. The summed E-state index contributed by atoms with van der Waals surface area (Å²) in [6.07, 6.45) is 15.6. The quantitative estimate of drug-likeness (QED) is 0.652. The Morgan fingerprint density at radius 3 is 3.04 bits per heavy atom. The van der Waals surface area contributed by atoms with E-state index in [1.165, 1.54) is 53.4 Å². The fraction of sp³-hybridized carbons (Fsp3) is 0.524. The smallest absolute Gasteiger partial charge is 0.0558 e. The molecule has 1 saturated heterocycles. The predicted molar refractivity (Wildman–Crippen MR) is 112 cm³/mol. The lowest BCUT2D eigenvalue weighted by Crippen LogP contribution is -2.40. The Bertz CT molecular complexity index is 682. The zero-order chi connectivity index (χ0) is 17.2. The van der Waals surface area contributed by atoms with Gasteiger partial charge in [0.25, 0.3) is 0 Å². The molecular formula is C21H28N2S2. The molecule has 4 rings (SSSR count). The van der Waals surface area contributed by atoms with E-state index < -0.39 is 0 Å². The third-order valence-corrected chi connectivity index (χ3v) is 7.77. The molecule has 4 heteroatoms. The number of allylic oxidation sites excluding steroid dienone is 3. The zero-order valence-corrected chi connectivity index (χ0v) is 16.9. The zero-order valence-electron chi connectivity index (χ0n) is 15.3. The number of hydrogen-bond acceptors (Lipinski definition) is 4. The first-order valence-corrected chi connectivity index (χ1v) is 11.6. The van der Waals surface area contributed by atoms with Crippen LogP contribution in [-0.4, -0.2) is 42.6 Å². The van der Waals surface area contributed by atoms with Crippen LogP contribution < -0.4 is 4.90 Å². The summed E-state index contributed by atoms with van der Waals surface area (Å²) in [6, 6.07) is 7.75. The number of anilines is 1. The van der Waals surface area contributed by atoms with Crippen molar-refractivity contribution in [2.75, 3.05) is 31.3 Å². The Labute approximate surface area is 160 Å². The molecule has 0 bridgehead atoms. The van der Waals surface area contributed by atoms with Crippen LogP contribution in [0.4, 0.5) is 5.69 Å². The summed E-state index contributed by atoms with van der Waals surface area (Å²) in [5.74, 6) is 0. The molecule has 1 aromatic rings. The highest BCUT2D eigenvalue weighted by atomic mass is 32.2. The van der Waals surface area contributed by atoms with Gasteiger partial charge in [-0.3, -0.25) is 0 Å². The van der Waals surface area contributed by atoms with Crippen molar-refractivity contribution in [3.63, 3.8) is 0 Å². The minimum Gasteiger partial charge on any atom is -0.343 e. The molecule has 1 aliphatic carbocycles. The van der Waals surface area contributed by atoms with Crippen LogP contribution in [0.15, 0.2) is 51.9 Å². The van der Waals surface area contributed by atoms with Crippen LogP contribution >= 0.6 is 23.5 Å². The van der Waals surface area contributed by atoms with Gasteiger partial charge < -0.3 is 9.80 Å². The van der Waals surface area contributed by atoms with Gasteiger partial charge in [0.1, 0.15) is 0 Å². The van der Waals surface area contributed by atoms with Crippen molar-refractivity contribution in [2.45, 2.75) is 53.2 Å². The maximum atomic E-state index is 2.63. The molecule has 0 aromatic heterocycles. The van der Waals surface area contributed by atoms with E-state index in [-0.39, 0.29) is 0 Å². The Morgan fingerprint density at radius 2 is 2.20 bits per heavy atom. The molecule has 2 nitrogen and oxygen atoms in total. The SMILES string of the molecule is CSc1ccc2c(c1)N(CCC1CCCCN1C)C1=CC=CCC1S2. The monoisotopic (exact) mass is 372 g/mol. The van der Waals surface area contributed by atoms with E-state index in [1.807, 2.05) is 23.5 Å². The second-order valence-electron chi connectivity index (χ2n) is 7.27. The first-order chi connectivity index (χ1) is 12.3. The van der Waals surface area contributed by atoms with Crippen molar-refractivity contribution in [1.82, 2.24) is 4.90 Å². The fourth-order valence-corrected chi connectivity index (χ4v) is 5.94. The average molecular weight is 373 g/mol. The lowest BCUT2D eigenvalue weighted by atomic mass is 9.99. The molecule has 2 atom stereocenters. The van der Waals surface area contributed by atoms with Gasteiger partial charge in [-0.15, -0.1) is 23.5 Å². The highest BCUT2D eigenvalue weighted by molar-refractivity contribution is 8.00. The molecule has 2 unspecified atom stereocenters. The third-order valence-electron chi connectivity index (χ3n) is 5.73. The summed E-state index contributed by atoms with van der Waals surface area (Å²) >= 11 is 3.89. The molecule has 0 N–H and O–H groups in total. The molecule has 0 saturated carbocycles. The number of benzene rings is 1. The first-order valence-electron chi connectivity index (χ1n) is 9.45. The van der Waals surface area contributed by atoms with Crippen LogP contribution in [0.5, 0.6) is 0 Å². The molecular weight excluding hydrogens is 344 g/mol. The molecule has 0 radical (unpaired) electrons. The van der Waals surface area contributed by atoms with E-state index >= 15 is 0 Å². The largest absolute Gasteiger partial charge is 0.343 e. The highest BCUT2D eigenvalue weighted by Crippen LogP contribution is 2.47. The highest BCUT2D eigenvalue weighted by Gasteiger charge is 2.31. The van der Waals surface area contributed by atoms with Gasteiger partial charge in [0, 0.05) is 28.1 Å². The van der Waals surface area contributed by atoms with E-state index in [2.05, 4.69) is 59.5 Å². The van der Waals surface area contributed by atoms with Gasteiger partial charge in [-0.05, 0) is 69.8 Å². The molecule has 134 valence electrons. The maximum Gasteiger partial charge on any atom is 0.0558 e. The molecule has 0 amide bonds. The molecule has 3 aliphatic rings. The number of rotatable bonds is 4. The molecule has 2 aliphatic heterocycles. The van der Waals surface area contributed by atoms with E-state index in [0.717, 1.165) is 19.0 Å². The van der Waals surface area contributed by atoms with Gasteiger partial charge in [-0.2, -0.15) is 0 Å². The lowest BCUT2D eigenvalue weighted by Gasteiger charge is -2.41. The predicted octanol–water partition coefficient (Wildman–Crippen LogP) is 5.41. The number of nitrogens with zero attached hydrogens (tertiary/aromatic N) is 2. The van der Waals surface area contributed by atoms with Crippen molar-refractivity contribution in [3.8, 4) is 0 Å². The van der Waals surface area contributed by atoms with Crippen LogP contribution in [0, 0.1) is 0 Å². The first kappa shape index (κ1) is 17.6. The van der Waals surface area contributed by atoms with E-state index in [0.29, 0.717) is 5.25 Å².